The summed E-state index contributed by atoms with van der Waals surface area (Å²) in [5.74, 6) is 0.789. The maximum atomic E-state index is 5.66. The van der Waals surface area contributed by atoms with Gasteiger partial charge in [-0.15, -0.1) is 0 Å². The van der Waals surface area contributed by atoms with E-state index in [2.05, 4.69) is 6.07 Å². The summed E-state index contributed by atoms with van der Waals surface area (Å²) in [5.41, 5.74) is 1.19. The lowest BCUT2D eigenvalue weighted by Crippen LogP contribution is -2.24. The van der Waals surface area contributed by atoms with Gasteiger partial charge in [0.05, 0.1) is 6.61 Å². The summed E-state index contributed by atoms with van der Waals surface area (Å²) in [6.07, 6.45) is 3.26. The van der Waals surface area contributed by atoms with Crippen molar-refractivity contribution in [1.82, 2.24) is 0 Å². The number of hydrogen-bond acceptors (Lipinski definition) is 2. The van der Waals surface area contributed by atoms with Crippen molar-refractivity contribution in [3.05, 3.63) is 29.8 Å². The molecule has 1 aliphatic rings. The van der Waals surface area contributed by atoms with Crippen molar-refractivity contribution in [1.29, 1.82) is 0 Å². The van der Waals surface area contributed by atoms with Crippen molar-refractivity contribution < 1.29 is 9.47 Å². The van der Waals surface area contributed by atoms with Crippen LogP contribution in [0.2, 0.25) is 0 Å². The molecule has 75 valence electrons. The molecule has 1 heterocycles. The Labute approximate surface area is 84.8 Å². The molecule has 0 saturated carbocycles. The third kappa shape index (κ3) is 2.48. The third-order valence-electron chi connectivity index (χ3n) is 2.33. The molecule has 1 fully saturated rings. The molecular weight excluding hydrogens is 176 g/mol. The van der Waals surface area contributed by atoms with E-state index >= 15 is 0 Å². The Bertz CT molecular complexity index is 290. The second kappa shape index (κ2) is 4.47. The van der Waals surface area contributed by atoms with E-state index in [4.69, 9.17) is 9.47 Å². The monoisotopic (exact) mass is 191 g/mol. The molecule has 0 amide bonds. The van der Waals surface area contributed by atoms with E-state index in [0.29, 0.717) is 0 Å². The van der Waals surface area contributed by atoms with Gasteiger partial charge < -0.3 is 9.47 Å². The number of aryl methyl sites for hydroxylation is 1. The lowest BCUT2D eigenvalue weighted by atomic mass is 10.2. The fourth-order valence-electron chi connectivity index (χ4n) is 1.57. The average Bonchev–Trinajstić information content (AvgIpc) is 2.19. The zero-order valence-corrected chi connectivity index (χ0v) is 8.45. The van der Waals surface area contributed by atoms with Crippen LogP contribution in [0.15, 0.2) is 18.2 Å². The summed E-state index contributed by atoms with van der Waals surface area (Å²) < 4.78 is 11.1. The highest BCUT2D eigenvalue weighted by Gasteiger charge is 2.14. The van der Waals surface area contributed by atoms with Gasteiger partial charge in [-0.1, -0.05) is 12.1 Å². The van der Waals surface area contributed by atoms with Crippen molar-refractivity contribution >= 4 is 0 Å². The molecule has 0 N–H and O–H groups in total. The maximum absolute atomic E-state index is 5.66. The normalized spacial score (nSPS) is 21.9. The summed E-state index contributed by atoms with van der Waals surface area (Å²) in [7, 11) is 0. The van der Waals surface area contributed by atoms with Crippen LogP contribution in [0.5, 0.6) is 5.75 Å². The summed E-state index contributed by atoms with van der Waals surface area (Å²) in [6, 6.07) is 8.93. The number of hydrogen-bond donors (Lipinski definition) is 0. The minimum atomic E-state index is -0.0678. The number of rotatable bonds is 2. The zero-order valence-electron chi connectivity index (χ0n) is 8.45. The Hall–Kier alpha value is -1.02. The van der Waals surface area contributed by atoms with Gasteiger partial charge in [0.1, 0.15) is 5.75 Å². The van der Waals surface area contributed by atoms with Crippen LogP contribution in [-0.2, 0) is 4.74 Å². The predicted molar refractivity (Wildman–Crippen MR) is 54.2 cm³/mol. The molecule has 0 bridgehead atoms. The van der Waals surface area contributed by atoms with Crippen LogP contribution in [0.1, 0.15) is 24.8 Å². The quantitative estimate of drug-likeness (QED) is 0.715. The molecule has 0 spiro atoms. The minimum absolute atomic E-state index is 0.0678. The largest absolute Gasteiger partial charge is 0.464 e. The Morgan fingerprint density at radius 1 is 1.50 bits per heavy atom. The number of benzene rings is 1. The van der Waals surface area contributed by atoms with Crippen LogP contribution in [0.4, 0.5) is 0 Å². The van der Waals surface area contributed by atoms with E-state index in [1.165, 1.54) is 12.0 Å². The zero-order chi connectivity index (χ0) is 9.80. The van der Waals surface area contributed by atoms with Crippen molar-refractivity contribution in [2.45, 2.75) is 32.5 Å². The lowest BCUT2D eigenvalue weighted by molar-refractivity contribution is -0.106. The first-order valence-electron chi connectivity index (χ1n) is 5.11. The summed E-state index contributed by atoms with van der Waals surface area (Å²) in [5, 5.41) is 0. The van der Waals surface area contributed by atoms with Crippen molar-refractivity contribution in [2.24, 2.45) is 0 Å². The van der Waals surface area contributed by atoms with Gasteiger partial charge in [-0.25, -0.2) is 0 Å². The second-order valence-electron chi connectivity index (χ2n) is 3.64. The van der Waals surface area contributed by atoms with Gasteiger partial charge >= 0.3 is 0 Å². The van der Waals surface area contributed by atoms with E-state index in [0.717, 1.165) is 25.2 Å². The Balaban J connectivity index is 1.95. The highest BCUT2D eigenvalue weighted by atomic mass is 16.7. The lowest BCUT2D eigenvalue weighted by Gasteiger charge is -2.23. The molecule has 1 radical (unpaired) electrons. The fourth-order valence-corrected chi connectivity index (χ4v) is 1.57. The summed E-state index contributed by atoms with van der Waals surface area (Å²) >= 11 is 0. The molecule has 2 rings (SSSR count). The first-order valence-corrected chi connectivity index (χ1v) is 5.11. The van der Waals surface area contributed by atoms with E-state index in [9.17, 15) is 0 Å². The fraction of sp³-hybridized carbons (Fsp3) is 0.500. The number of ether oxygens (including phenoxy) is 2. The molecule has 1 aromatic rings. The van der Waals surface area contributed by atoms with Crippen LogP contribution in [0.3, 0.4) is 0 Å². The van der Waals surface area contributed by atoms with Crippen molar-refractivity contribution in [3.63, 3.8) is 0 Å². The smallest absolute Gasteiger partial charge is 0.199 e. The molecule has 1 aromatic carbocycles. The minimum Gasteiger partial charge on any atom is -0.464 e. The van der Waals surface area contributed by atoms with Crippen LogP contribution in [0.25, 0.3) is 0 Å². The topological polar surface area (TPSA) is 18.5 Å². The molecule has 1 atom stereocenters. The first-order chi connectivity index (χ1) is 6.84. The van der Waals surface area contributed by atoms with Crippen LogP contribution in [-0.4, -0.2) is 12.9 Å². The van der Waals surface area contributed by atoms with Gasteiger partial charge in [0, 0.05) is 12.5 Å². The standard InChI is InChI=1S/C12H15O2/c1-10-5-4-6-11(9-10)14-12-7-2-3-8-13-12/h4-5,9,12H,2-3,7-8H2,1H3. The van der Waals surface area contributed by atoms with E-state index in [1.54, 1.807) is 0 Å². The van der Waals surface area contributed by atoms with Gasteiger partial charge in [0.15, 0.2) is 6.29 Å². The van der Waals surface area contributed by atoms with Crippen LogP contribution in [0, 0.1) is 13.0 Å². The van der Waals surface area contributed by atoms with E-state index in [-0.39, 0.29) is 6.29 Å². The second-order valence-corrected chi connectivity index (χ2v) is 3.64. The van der Waals surface area contributed by atoms with E-state index in [1.807, 2.05) is 25.1 Å². The first kappa shape index (κ1) is 9.53. The Morgan fingerprint density at radius 3 is 3.14 bits per heavy atom. The molecule has 2 heteroatoms. The van der Waals surface area contributed by atoms with Crippen LogP contribution < -0.4 is 4.74 Å². The molecule has 0 aromatic heterocycles. The summed E-state index contributed by atoms with van der Waals surface area (Å²) in [6.45, 7) is 2.86. The van der Waals surface area contributed by atoms with Crippen molar-refractivity contribution in [3.8, 4) is 5.75 Å². The maximum Gasteiger partial charge on any atom is 0.199 e. The molecule has 1 saturated heterocycles. The predicted octanol–water partition coefficient (Wildman–Crippen LogP) is 2.70. The van der Waals surface area contributed by atoms with Gasteiger partial charge in [-0.05, 0) is 31.4 Å². The molecule has 14 heavy (non-hydrogen) atoms. The Morgan fingerprint density at radius 2 is 2.43 bits per heavy atom. The highest BCUT2D eigenvalue weighted by Crippen LogP contribution is 2.19. The van der Waals surface area contributed by atoms with Crippen molar-refractivity contribution in [2.75, 3.05) is 6.61 Å². The van der Waals surface area contributed by atoms with E-state index < -0.39 is 0 Å². The molecule has 0 aliphatic carbocycles. The summed E-state index contributed by atoms with van der Waals surface area (Å²) in [4.78, 5) is 0. The average molecular weight is 191 g/mol. The SMILES string of the molecule is Cc1cc[c]c(OC2CCCCO2)c1. The van der Waals surface area contributed by atoms with Crippen LogP contribution >= 0.6 is 0 Å². The van der Waals surface area contributed by atoms with Gasteiger partial charge in [0.25, 0.3) is 0 Å². The van der Waals surface area contributed by atoms with Gasteiger partial charge in [-0.2, -0.15) is 0 Å². The molecule has 2 nitrogen and oxygen atoms in total. The highest BCUT2D eigenvalue weighted by molar-refractivity contribution is 5.26. The van der Waals surface area contributed by atoms with Gasteiger partial charge in [0.2, 0.25) is 0 Å². The molecular formula is C12H15O2. The molecule has 1 unspecified atom stereocenters. The molecule has 1 aliphatic heterocycles. The third-order valence-corrected chi connectivity index (χ3v) is 2.33. The van der Waals surface area contributed by atoms with Gasteiger partial charge in [-0.3, -0.25) is 0 Å². The Kier molecular flexibility index (Phi) is 3.04.